The van der Waals surface area contributed by atoms with Crippen LogP contribution in [0.1, 0.15) is 12.2 Å². The molecule has 0 aliphatic rings. The maximum Gasteiger partial charge on any atom is 0.186 e. The normalized spacial score (nSPS) is 10.6. The molecule has 0 radical (unpaired) electrons. The van der Waals surface area contributed by atoms with Crippen LogP contribution < -0.4 is 10.7 Å². The van der Waals surface area contributed by atoms with Crippen LogP contribution in [0.25, 0.3) is 0 Å². The molecule has 0 aliphatic carbocycles. The number of nitrogens with one attached hydrogen (secondary N) is 2. The average Bonchev–Trinajstić information content (AvgIpc) is 2.77. The number of ether oxygens (including phenoxy) is 1. The quantitative estimate of drug-likeness (QED) is 0.338. The average molecular weight is 241 g/mol. The van der Waals surface area contributed by atoms with Gasteiger partial charge in [0.25, 0.3) is 0 Å². The van der Waals surface area contributed by atoms with Crippen LogP contribution in [0.5, 0.6) is 0 Å². The third-order valence-electron chi connectivity index (χ3n) is 1.71. The minimum Gasteiger partial charge on any atom is -0.463 e. The summed E-state index contributed by atoms with van der Waals surface area (Å²) in [4.78, 5) is 0. The molecule has 0 spiro atoms. The van der Waals surface area contributed by atoms with E-state index in [-0.39, 0.29) is 0 Å². The van der Waals surface area contributed by atoms with E-state index < -0.39 is 0 Å². The number of furan rings is 1. The predicted molar refractivity (Wildman–Crippen MR) is 66.5 cm³/mol. The number of hydrogen-bond donors (Lipinski definition) is 2. The Kier molecular flexibility index (Phi) is 6.20. The smallest absolute Gasteiger partial charge is 0.186 e. The van der Waals surface area contributed by atoms with E-state index in [1.165, 1.54) is 0 Å². The molecular formula is C10H15N3O2S. The summed E-state index contributed by atoms with van der Waals surface area (Å²) in [7, 11) is 1.67. The van der Waals surface area contributed by atoms with Crippen molar-refractivity contribution in [2.45, 2.75) is 6.42 Å². The van der Waals surface area contributed by atoms with Gasteiger partial charge < -0.3 is 14.5 Å². The lowest BCUT2D eigenvalue weighted by molar-refractivity contribution is 0.195. The Hall–Kier alpha value is -1.40. The van der Waals surface area contributed by atoms with E-state index in [0.717, 1.165) is 13.0 Å². The molecule has 1 rings (SSSR count). The maximum absolute atomic E-state index is 5.06. The second-order valence-corrected chi connectivity index (χ2v) is 3.40. The standard InChI is InChI=1S/C10H15N3O2S/c1-14-6-3-5-11-10(16)13-12-8-9-4-2-7-15-9/h2,4,7-8H,3,5-6H2,1H3,(H2,11,13,16)/b12-8+. The Morgan fingerprint density at radius 3 is 3.25 bits per heavy atom. The number of hydrazone groups is 1. The zero-order chi connectivity index (χ0) is 11.6. The van der Waals surface area contributed by atoms with Crippen LogP contribution in [-0.2, 0) is 4.74 Å². The number of rotatable bonds is 6. The van der Waals surface area contributed by atoms with Crippen molar-refractivity contribution in [3.8, 4) is 0 Å². The van der Waals surface area contributed by atoms with Gasteiger partial charge in [-0.3, -0.25) is 5.43 Å². The fourth-order valence-corrected chi connectivity index (χ4v) is 1.13. The van der Waals surface area contributed by atoms with Crippen LogP contribution in [0.2, 0.25) is 0 Å². The first-order valence-corrected chi connectivity index (χ1v) is 5.33. The molecule has 0 fully saturated rings. The second-order valence-electron chi connectivity index (χ2n) is 2.99. The predicted octanol–water partition coefficient (Wildman–Crippen LogP) is 1.11. The fraction of sp³-hybridized carbons (Fsp3) is 0.400. The van der Waals surface area contributed by atoms with E-state index in [4.69, 9.17) is 21.4 Å². The lowest BCUT2D eigenvalue weighted by Crippen LogP contribution is -2.33. The summed E-state index contributed by atoms with van der Waals surface area (Å²) in [5, 5.41) is 7.39. The molecule has 0 atom stereocenters. The molecule has 0 bridgehead atoms. The molecule has 0 saturated carbocycles. The largest absolute Gasteiger partial charge is 0.463 e. The van der Waals surface area contributed by atoms with Crippen molar-refractivity contribution in [2.75, 3.05) is 20.3 Å². The third-order valence-corrected chi connectivity index (χ3v) is 1.95. The van der Waals surface area contributed by atoms with Crippen molar-refractivity contribution in [2.24, 2.45) is 5.10 Å². The highest BCUT2D eigenvalue weighted by molar-refractivity contribution is 7.80. The van der Waals surface area contributed by atoms with Crippen LogP contribution >= 0.6 is 12.2 Å². The van der Waals surface area contributed by atoms with Crippen LogP contribution in [0.3, 0.4) is 0 Å². The minimum atomic E-state index is 0.485. The minimum absolute atomic E-state index is 0.485. The summed E-state index contributed by atoms with van der Waals surface area (Å²) >= 11 is 4.99. The van der Waals surface area contributed by atoms with Crippen molar-refractivity contribution in [1.82, 2.24) is 10.7 Å². The van der Waals surface area contributed by atoms with E-state index in [1.54, 1.807) is 31.7 Å². The summed E-state index contributed by atoms with van der Waals surface area (Å²) < 4.78 is 9.97. The molecule has 0 aromatic carbocycles. The molecule has 1 aromatic heterocycles. The van der Waals surface area contributed by atoms with Gasteiger partial charge in [0.15, 0.2) is 5.11 Å². The lowest BCUT2D eigenvalue weighted by atomic mass is 10.4. The highest BCUT2D eigenvalue weighted by atomic mass is 32.1. The highest BCUT2D eigenvalue weighted by Crippen LogP contribution is 1.94. The summed E-state index contributed by atoms with van der Waals surface area (Å²) in [6, 6.07) is 3.60. The first-order chi connectivity index (χ1) is 7.83. The Labute approximate surface area is 99.9 Å². The van der Waals surface area contributed by atoms with Crippen LogP contribution in [0, 0.1) is 0 Å². The molecule has 2 N–H and O–H groups in total. The van der Waals surface area contributed by atoms with Crippen molar-refractivity contribution in [1.29, 1.82) is 0 Å². The van der Waals surface area contributed by atoms with Gasteiger partial charge in [-0.25, -0.2) is 0 Å². The van der Waals surface area contributed by atoms with Crippen LogP contribution in [0.4, 0.5) is 0 Å². The van der Waals surface area contributed by atoms with Crippen molar-refractivity contribution in [3.63, 3.8) is 0 Å². The number of thiocarbonyl (C=S) groups is 1. The molecule has 88 valence electrons. The zero-order valence-corrected chi connectivity index (χ0v) is 9.92. The monoisotopic (exact) mass is 241 g/mol. The van der Waals surface area contributed by atoms with Crippen LogP contribution in [-0.4, -0.2) is 31.6 Å². The first kappa shape index (κ1) is 12.7. The van der Waals surface area contributed by atoms with Crippen molar-refractivity contribution in [3.05, 3.63) is 24.2 Å². The first-order valence-electron chi connectivity index (χ1n) is 4.92. The third kappa shape index (κ3) is 5.47. The molecule has 5 nitrogen and oxygen atoms in total. The van der Waals surface area contributed by atoms with E-state index >= 15 is 0 Å². The van der Waals surface area contributed by atoms with Gasteiger partial charge in [0.2, 0.25) is 0 Å². The van der Waals surface area contributed by atoms with Crippen molar-refractivity contribution < 1.29 is 9.15 Å². The van der Waals surface area contributed by atoms with Gasteiger partial charge in [0, 0.05) is 20.3 Å². The van der Waals surface area contributed by atoms with Gasteiger partial charge in [-0.2, -0.15) is 5.10 Å². The summed E-state index contributed by atoms with van der Waals surface area (Å²) in [6.45, 7) is 1.47. The van der Waals surface area contributed by atoms with Gasteiger partial charge in [-0.15, -0.1) is 0 Å². The van der Waals surface area contributed by atoms with Gasteiger partial charge in [0.05, 0.1) is 12.5 Å². The van der Waals surface area contributed by atoms with Gasteiger partial charge in [0.1, 0.15) is 5.76 Å². The molecule has 1 aromatic rings. The zero-order valence-electron chi connectivity index (χ0n) is 9.10. The highest BCUT2D eigenvalue weighted by Gasteiger charge is 1.92. The van der Waals surface area contributed by atoms with E-state index in [0.29, 0.717) is 17.5 Å². The van der Waals surface area contributed by atoms with Gasteiger partial charge in [-0.05, 0) is 30.8 Å². The Morgan fingerprint density at radius 2 is 2.56 bits per heavy atom. The second kappa shape index (κ2) is 7.84. The van der Waals surface area contributed by atoms with Gasteiger partial charge in [-0.1, -0.05) is 0 Å². The number of nitrogens with zero attached hydrogens (tertiary/aromatic N) is 1. The topological polar surface area (TPSA) is 58.8 Å². The molecule has 6 heteroatoms. The SMILES string of the molecule is COCCCNC(=S)N/N=C/c1ccco1. The summed E-state index contributed by atoms with van der Waals surface area (Å²) in [5.41, 5.74) is 2.69. The number of hydrogen-bond acceptors (Lipinski definition) is 4. The van der Waals surface area contributed by atoms with E-state index in [9.17, 15) is 0 Å². The molecule has 0 saturated heterocycles. The molecule has 0 unspecified atom stereocenters. The fourth-order valence-electron chi connectivity index (χ4n) is 0.977. The van der Waals surface area contributed by atoms with E-state index in [2.05, 4.69) is 15.8 Å². The number of methoxy groups -OCH3 is 1. The Balaban J connectivity index is 2.10. The Bertz CT molecular complexity index is 325. The molecular weight excluding hydrogens is 226 g/mol. The maximum atomic E-state index is 5.06. The summed E-state index contributed by atoms with van der Waals surface area (Å²) in [5.74, 6) is 0.676. The van der Waals surface area contributed by atoms with Crippen molar-refractivity contribution >= 4 is 23.5 Å². The molecule has 0 aliphatic heterocycles. The van der Waals surface area contributed by atoms with Crippen LogP contribution in [0.15, 0.2) is 27.9 Å². The van der Waals surface area contributed by atoms with E-state index in [1.807, 2.05) is 0 Å². The Morgan fingerprint density at radius 1 is 1.69 bits per heavy atom. The molecule has 1 heterocycles. The summed E-state index contributed by atoms with van der Waals surface area (Å²) in [6.07, 6.45) is 4.05. The molecule has 0 amide bonds. The van der Waals surface area contributed by atoms with Gasteiger partial charge >= 0.3 is 0 Å². The molecule has 16 heavy (non-hydrogen) atoms. The lowest BCUT2D eigenvalue weighted by Gasteiger charge is -2.05.